The summed E-state index contributed by atoms with van der Waals surface area (Å²) in [6, 6.07) is 3.70. The summed E-state index contributed by atoms with van der Waals surface area (Å²) >= 11 is 1.52. The smallest absolute Gasteiger partial charge is 0.223 e. The fraction of sp³-hybridized carbons (Fsp3) is 0.688. The molecule has 2 unspecified atom stereocenters. The number of rotatable bonds is 6. The second kappa shape index (κ2) is 7.38. The third kappa shape index (κ3) is 5.09. The molecule has 1 saturated carbocycles. The summed E-state index contributed by atoms with van der Waals surface area (Å²) in [6.45, 7) is 1.89. The second-order valence-corrected chi connectivity index (χ2v) is 7.18. The normalized spacial score (nSPS) is 20.7. The number of aliphatic hydroxyl groups excluding tert-OH is 1. The average Bonchev–Trinajstić information content (AvgIpc) is 2.92. The first kappa shape index (κ1) is 16.5. The molecule has 0 aromatic carbocycles. The number of hydrogen-bond acceptors (Lipinski definition) is 4. The Balaban J connectivity index is 1.76. The Kier molecular flexibility index (Phi) is 5.79. The van der Waals surface area contributed by atoms with Crippen LogP contribution in [0.25, 0.3) is 0 Å². The van der Waals surface area contributed by atoms with Crippen LogP contribution in [0.15, 0.2) is 17.5 Å². The number of nitrogens with one attached hydrogen (secondary N) is 1. The lowest BCUT2D eigenvalue weighted by Crippen LogP contribution is -2.41. The highest BCUT2D eigenvalue weighted by molar-refractivity contribution is 7.10. The quantitative estimate of drug-likeness (QED) is 0.756. The Morgan fingerprint density at radius 3 is 2.76 bits per heavy atom. The molecule has 0 radical (unpaired) electrons. The molecule has 0 spiro atoms. The molecule has 1 aliphatic carbocycles. The maximum atomic E-state index is 12.0. The van der Waals surface area contributed by atoms with Crippen molar-refractivity contribution >= 4 is 17.2 Å². The number of carbonyl (C=O) groups is 1. The van der Waals surface area contributed by atoms with Crippen LogP contribution < -0.4 is 5.32 Å². The number of hydrogen-bond donors (Lipinski definition) is 3. The first-order valence-corrected chi connectivity index (χ1v) is 8.60. The predicted molar refractivity (Wildman–Crippen MR) is 84.2 cm³/mol. The monoisotopic (exact) mass is 311 g/mol. The second-order valence-electron chi connectivity index (χ2n) is 6.20. The Morgan fingerprint density at radius 2 is 2.14 bits per heavy atom. The van der Waals surface area contributed by atoms with Crippen molar-refractivity contribution in [2.45, 2.75) is 69.6 Å². The first-order valence-electron chi connectivity index (χ1n) is 7.72. The molecule has 1 fully saturated rings. The molecule has 21 heavy (non-hydrogen) atoms. The first-order chi connectivity index (χ1) is 9.98. The molecule has 2 atom stereocenters. The van der Waals surface area contributed by atoms with Crippen molar-refractivity contribution in [1.29, 1.82) is 0 Å². The van der Waals surface area contributed by atoms with Crippen LogP contribution in [-0.2, 0) is 4.79 Å². The van der Waals surface area contributed by atoms with Gasteiger partial charge in [-0.1, -0.05) is 25.3 Å². The molecule has 2 rings (SSSR count). The fourth-order valence-corrected chi connectivity index (χ4v) is 3.73. The van der Waals surface area contributed by atoms with Gasteiger partial charge in [-0.25, -0.2) is 0 Å². The minimum absolute atomic E-state index is 0.109. The van der Waals surface area contributed by atoms with Gasteiger partial charge in [0.15, 0.2) is 0 Å². The number of amides is 1. The van der Waals surface area contributed by atoms with Gasteiger partial charge in [-0.05, 0) is 37.6 Å². The van der Waals surface area contributed by atoms with Crippen LogP contribution in [0.2, 0.25) is 0 Å². The molecular formula is C16H25NO3S. The van der Waals surface area contributed by atoms with Gasteiger partial charge >= 0.3 is 0 Å². The van der Waals surface area contributed by atoms with E-state index in [0.29, 0.717) is 19.3 Å². The van der Waals surface area contributed by atoms with Gasteiger partial charge in [0.2, 0.25) is 5.91 Å². The van der Waals surface area contributed by atoms with Crippen molar-refractivity contribution < 1.29 is 15.0 Å². The van der Waals surface area contributed by atoms with Crippen LogP contribution in [0.1, 0.15) is 62.9 Å². The SMILES string of the molecule is CC(CC(O)c1cccs1)NC(=O)CC1(O)CCCCC1. The van der Waals surface area contributed by atoms with E-state index in [2.05, 4.69) is 5.32 Å². The van der Waals surface area contributed by atoms with E-state index in [1.165, 1.54) is 11.3 Å². The molecule has 1 aliphatic rings. The maximum absolute atomic E-state index is 12.0. The minimum Gasteiger partial charge on any atom is -0.389 e. The fourth-order valence-electron chi connectivity index (χ4n) is 3.00. The van der Waals surface area contributed by atoms with Gasteiger partial charge < -0.3 is 15.5 Å². The summed E-state index contributed by atoms with van der Waals surface area (Å²) in [6.07, 6.45) is 4.69. The molecule has 1 amide bonds. The minimum atomic E-state index is -0.825. The number of thiophene rings is 1. The van der Waals surface area contributed by atoms with Gasteiger partial charge in [0.25, 0.3) is 0 Å². The third-order valence-electron chi connectivity index (χ3n) is 4.13. The molecule has 0 saturated heterocycles. The molecule has 0 bridgehead atoms. The lowest BCUT2D eigenvalue weighted by Gasteiger charge is -2.31. The summed E-state index contributed by atoms with van der Waals surface area (Å²) in [4.78, 5) is 13.0. The summed E-state index contributed by atoms with van der Waals surface area (Å²) in [5.41, 5.74) is -0.825. The molecule has 1 aromatic heterocycles. The van der Waals surface area contributed by atoms with Crippen LogP contribution in [0.5, 0.6) is 0 Å². The van der Waals surface area contributed by atoms with Gasteiger partial charge in [-0.15, -0.1) is 11.3 Å². The van der Waals surface area contributed by atoms with Gasteiger partial charge in [-0.2, -0.15) is 0 Å². The van der Waals surface area contributed by atoms with Crippen molar-refractivity contribution in [1.82, 2.24) is 5.32 Å². The molecule has 3 N–H and O–H groups in total. The van der Waals surface area contributed by atoms with Crippen LogP contribution in [0, 0.1) is 0 Å². The van der Waals surface area contributed by atoms with E-state index < -0.39 is 11.7 Å². The molecule has 5 heteroatoms. The summed E-state index contributed by atoms with van der Waals surface area (Å²) < 4.78 is 0. The lowest BCUT2D eigenvalue weighted by atomic mass is 9.82. The van der Waals surface area contributed by atoms with Gasteiger partial charge in [0, 0.05) is 10.9 Å². The third-order valence-corrected chi connectivity index (χ3v) is 5.10. The van der Waals surface area contributed by atoms with E-state index in [1.54, 1.807) is 0 Å². The highest BCUT2D eigenvalue weighted by Crippen LogP contribution is 2.31. The van der Waals surface area contributed by atoms with E-state index in [4.69, 9.17) is 0 Å². The zero-order chi connectivity index (χ0) is 15.3. The Hall–Kier alpha value is -0.910. The van der Waals surface area contributed by atoms with Gasteiger partial charge in [-0.3, -0.25) is 4.79 Å². The lowest BCUT2D eigenvalue weighted by molar-refractivity contribution is -0.128. The van der Waals surface area contributed by atoms with Crippen LogP contribution >= 0.6 is 11.3 Å². The van der Waals surface area contributed by atoms with E-state index >= 15 is 0 Å². The Bertz CT molecular complexity index is 440. The zero-order valence-electron chi connectivity index (χ0n) is 12.5. The number of carbonyl (C=O) groups excluding carboxylic acids is 1. The highest BCUT2D eigenvalue weighted by atomic mass is 32.1. The molecule has 1 aromatic rings. The zero-order valence-corrected chi connectivity index (χ0v) is 13.4. The maximum Gasteiger partial charge on any atom is 0.223 e. The largest absolute Gasteiger partial charge is 0.389 e. The van der Waals surface area contributed by atoms with E-state index in [9.17, 15) is 15.0 Å². The summed E-state index contributed by atoms with van der Waals surface area (Å²) in [5.74, 6) is -0.120. The number of aliphatic hydroxyl groups is 2. The van der Waals surface area contributed by atoms with Crippen molar-refractivity contribution in [3.05, 3.63) is 22.4 Å². The molecule has 1 heterocycles. The predicted octanol–water partition coefficient (Wildman–Crippen LogP) is 2.76. The van der Waals surface area contributed by atoms with Crippen molar-refractivity contribution in [3.63, 3.8) is 0 Å². The average molecular weight is 311 g/mol. The molecule has 0 aliphatic heterocycles. The summed E-state index contributed by atoms with van der Waals surface area (Å²) in [5, 5.41) is 25.3. The van der Waals surface area contributed by atoms with E-state index in [1.807, 2.05) is 24.4 Å². The molecular weight excluding hydrogens is 286 g/mol. The van der Waals surface area contributed by atoms with Gasteiger partial charge in [0.05, 0.1) is 18.1 Å². The van der Waals surface area contributed by atoms with Gasteiger partial charge in [0.1, 0.15) is 0 Å². The Morgan fingerprint density at radius 1 is 1.43 bits per heavy atom. The topological polar surface area (TPSA) is 69.6 Å². The van der Waals surface area contributed by atoms with Crippen LogP contribution in [0.3, 0.4) is 0 Å². The van der Waals surface area contributed by atoms with Crippen molar-refractivity contribution in [3.8, 4) is 0 Å². The van der Waals surface area contributed by atoms with Crippen LogP contribution in [-0.4, -0.2) is 27.8 Å². The Labute approximate surface area is 130 Å². The molecule has 4 nitrogen and oxygen atoms in total. The standard InChI is InChI=1S/C16H25NO3S/c1-12(10-13(18)14-6-5-9-21-14)17-15(19)11-16(20)7-3-2-4-8-16/h5-6,9,12-13,18,20H,2-4,7-8,10-11H2,1H3,(H,17,19). The highest BCUT2D eigenvalue weighted by Gasteiger charge is 2.32. The molecule has 118 valence electrons. The van der Waals surface area contributed by atoms with Crippen molar-refractivity contribution in [2.75, 3.05) is 0 Å². The van der Waals surface area contributed by atoms with Crippen LogP contribution in [0.4, 0.5) is 0 Å². The van der Waals surface area contributed by atoms with E-state index in [-0.39, 0.29) is 18.4 Å². The van der Waals surface area contributed by atoms with E-state index in [0.717, 1.165) is 24.1 Å². The van der Waals surface area contributed by atoms with Crippen molar-refractivity contribution in [2.24, 2.45) is 0 Å². The summed E-state index contributed by atoms with van der Waals surface area (Å²) in [7, 11) is 0.